The molecular weight excluding hydrogens is 766 g/mol. The van der Waals surface area contributed by atoms with Gasteiger partial charge in [0.2, 0.25) is 0 Å². The van der Waals surface area contributed by atoms with Crippen LogP contribution < -0.4 is 21.4 Å². The molecule has 2 fully saturated rings. The number of likely N-dealkylation sites (tertiary alicyclic amines) is 2. The van der Waals surface area contributed by atoms with Crippen molar-refractivity contribution in [3.8, 4) is 0 Å². The number of aliphatic imine (C=N–C) groups is 1. The highest BCUT2D eigenvalue weighted by Crippen LogP contribution is 2.38. The van der Waals surface area contributed by atoms with Gasteiger partial charge in [-0.3, -0.25) is 19.4 Å². The zero-order chi connectivity index (χ0) is 41.2. The quantitative estimate of drug-likeness (QED) is 0.267. The standard InChI is InChI=1S/C43H43F3N8O5/c1-3-59-42(58)51-16-10-25(2)33(23-51)53-18-13-36(56)31-22-52(40-29(38(31)53)9-15-48-40)21-26-11-17-50(41(57)27-6-4-5-7-32(27)43(44,45)46)24-34(26)54-19-12-35(55)30-20-49-39-28(37(30)54)8-14-47-39/h4-8,12-15,18-20,22,25-26,33-34,40H,3,9-11,16-17,21,23-24H2,1-2H3,(H,47,49). The number of rotatable bonds is 6. The van der Waals surface area contributed by atoms with Gasteiger partial charge in [0.1, 0.15) is 11.8 Å². The molecule has 0 radical (unpaired) electrons. The second-order valence-corrected chi connectivity index (χ2v) is 15.8. The molecule has 0 aliphatic carbocycles. The number of hydrogen-bond donors (Lipinski definition) is 1. The second kappa shape index (κ2) is 14.9. The number of alkyl halides is 3. The van der Waals surface area contributed by atoms with E-state index in [1.165, 1.54) is 35.4 Å². The van der Waals surface area contributed by atoms with Crippen molar-refractivity contribution in [2.24, 2.45) is 16.8 Å². The Labute approximate surface area is 335 Å². The Morgan fingerprint density at radius 3 is 2.51 bits per heavy atom. The number of carbonyl (C=O) groups excluding carboxylic acids is 2. The summed E-state index contributed by atoms with van der Waals surface area (Å²) < 4.78 is 51.9. The largest absolute Gasteiger partial charge is 0.450 e. The number of pyridine rings is 3. The minimum Gasteiger partial charge on any atom is -0.450 e. The average Bonchev–Trinajstić information content (AvgIpc) is 3.93. The van der Waals surface area contributed by atoms with Gasteiger partial charge in [-0.2, -0.15) is 13.2 Å². The maximum absolute atomic E-state index is 14.2. The van der Waals surface area contributed by atoms with E-state index in [4.69, 9.17) is 9.73 Å². The monoisotopic (exact) mass is 808 g/mol. The maximum Gasteiger partial charge on any atom is 0.417 e. The van der Waals surface area contributed by atoms with Crippen LogP contribution in [0.5, 0.6) is 0 Å². The summed E-state index contributed by atoms with van der Waals surface area (Å²) >= 11 is 0. The van der Waals surface area contributed by atoms with E-state index < -0.39 is 35.4 Å². The highest BCUT2D eigenvalue weighted by atomic mass is 19.4. The minimum absolute atomic E-state index is 0.0557. The Balaban J connectivity index is 1.12. The molecule has 8 heterocycles. The number of amides is 2. The van der Waals surface area contributed by atoms with Crippen molar-refractivity contribution < 1.29 is 27.5 Å². The lowest BCUT2D eigenvalue weighted by molar-refractivity contribution is -0.138. The summed E-state index contributed by atoms with van der Waals surface area (Å²) in [6.07, 6.45) is 6.66. The molecule has 5 unspecified atom stereocenters. The van der Waals surface area contributed by atoms with Crippen LogP contribution in [-0.4, -0.2) is 97.5 Å². The normalized spacial score (nSPS) is 23.0. The Morgan fingerprint density at radius 1 is 0.932 bits per heavy atom. The number of nitrogens with zero attached hydrogens (tertiary/aromatic N) is 7. The summed E-state index contributed by atoms with van der Waals surface area (Å²) in [4.78, 5) is 71.7. The molecule has 9 rings (SSSR count). The van der Waals surface area contributed by atoms with E-state index in [0.717, 1.165) is 23.4 Å². The van der Waals surface area contributed by atoms with E-state index in [-0.39, 0.29) is 54.5 Å². The Morgan fingerprint density at radius 2 is 1.69 bits per heavy atom. The van der Waals surface area contributed by atoms with Crippen molar-refractivity contribution in [1.29, 1.82) is 0 Å². The molecule has 5 atom stereocenters. The van der Waals surface area contributed by atoms with Gasteiger partial charge < -0.3 is 33.6 Å². The molecule has 1 aromatic carbocycles. The number of hydrogen-bond acceptors (Lipinski definition) is 8. The Kier molecular flexibility index (Phi) is 9.67. The van der Waals surface area contributed by atoms with Gasteiger partial charge in [0.15, 0.2) is 10.9 Å². The van der Waals surface area contributed by atoms with Gasteiger partial charge in [0, 0.05) is 105 Å². The van der Waals surface area contributed by atoms with Crippen molar-refractivity contribution in [1.82, 2.24) is 33.8 Å². The Bertz CT molecular complexity index is 2780. The highest BCUT2D eigenvalue weighted by molar-refractivity contribution is 6.02. The van der Waals surface area contributed by atoms with Crippen LogP contribution in [0.3, 0.4) is 0 Å². The van der Waals surface area contributed by atoms with E-state index in [9.17, 15) is 32.3 Å². The number of H-pyrrole nitrogens is 1. The van der Waals surface area contributed by atoms with Crippen LogP contribution in [0.1, 0.15) is 61.1 Å². The smallest absolute Gasteiger partial charge is 0.417 e. The van der Waals surface area contributed by atoms with Gasteiger partial charge in [0.25, 0.3) is 5.91 Å². The molecule has 1 N–H and O–H groups in total. The van der Waals surface area contributed by atoms with Crippen LogP contribution in [-0.2, 0) is 10.9 Å². The van der Waals surface area contributed by atoms with Crippen molar-refractivity contribution in [2.45, 2.75) is 57.5 Å². The van der Waals surface area contributed by atoms with Crippen LogP contribution in [0.15, 0.2) is 81.8 Å². The second-order valence-electron chi connectivity index (χ2n) is 15.8. The van der Waals surface area contributed by atoms with E-state index in [0.29, 0.717) is 59.6 Å². The van der Waals surface area contributed by atoms with E-state index in [1.54, 1.807) is 30.3 Å². The minimum atomic E-state index is -4.73. The number of aromatic nitrogens is 4. The summed E-state index contributed by atoms with van der Waals surface area (Å²) in [5.74, 6) is -0.742. The van der Waals surface area contributed by atoms with E-state index in [1.807, 2.05) is 29.2 Å². The third kappa shape index (κ3) is 6.67. The number of fused-ring (bicyclic) bond motifs is 5. The van der Waals surface area contributed by atoms with Gasteiger partial charge in [0.05, 0.1) is 51.3 Å². The first-order valence-electron chi connectivity index (χ1n) is 20.0. The third-order valence-electron chi connectivity index (χ3n) is 12.5. The average molecular weight is 809 g/mol. The molecule has 4 aromatic heterocycles. The molecule has 13 nitrogen and oxygen atoms in total. The fourth-order valence-electron chi connectivity index (χ4n) is 9.53. The van der Waals surface area contributed by atoms with Crippen molar-refractivity contribution in [2.75, 3.05) is 39.3 Å². The van der Waals surface area contributed by atoms with Gasteiger partial charge >= 0.3 is 12.3 Å². The lowest BCUT2D eigenvalue weighted by Crippen LogP contribution is -2.57. The van der Waals surface area contributed by atoms with Crippen LogP contribution in [0.25, 0.3) is 33.7 Å². The predicted octanol–water partition coefficient (Wildman–Crippen LogP) is 4.51. The van der Waals surface area contributed by atoms with Crippen molar-refractivity contribution in [3.05, 3.63) is 109 Å². The number of ether oxygens (including phenoxy) is 1. The van der Waals surface area contributed by atoms with E-state index >= 15 is 0 Å². The molecular formula is C43H43F3N8O5. The van der Waals surface area contributed by atoms with Crippen LogP contribution >= 0.6 is 0 Å². The predicted molar refractivity (Wildman–Crippen MR) is 215 cm³/mol. The van der Waals surface area contributed by atoms with Crippen LogP contribution in [0, 0.1) is 11.8 Å². The summed E-state index contributed by atoms with van der Waals surface area (Å²) in [5.41, 5.74) is 0.314. The molecule has 0 saturated carbocycles. The maximum atomic E-state index is 14.2. The molecule has 306 valence electrons. The highest BCUT2D eigenvalue weighted by Gasteiger charge is 2.41. The molecule has 0 bridgehead atoms. The van der Waals surface area contributed by atoms with Gasteiger partial charge in [-0.25, -0.2) is 9.78 Å². The summed E-state index contributed by atoms with van der Waals surface area (Å²) in [6.45, 7) is 5.85. The lowest BCUT2D eigenvalue weighted by atomic mass is 9.88. The van der Waals surface area contributed by atoms with Gasteiger partial charge in [-0.1, -0.05) is 19.1 Å². The molecule has 0 spiro atoms. The number of aromatic amines is 1. The number of nitrogens with one attached hydrogen (secondary N) is 1. The van der Waals surface area contributed by atoms with Crippen molar-refractivity contribution >= 4 is 51.9 Å². The summed E-state index contributed by atoms with van der Waals surface area (Å²) in [6, 6.07) is 9.04. The fourth-order valence-corrected chi connectivity index (χ4v) is 9.53. The number of halogens is 3. The molecule has 4 aliphatic rings. The number of piperidine rings is 2. The zero-order valence-electron chi connectivity index (χ0n) is 32.6. The molecule has 16 heteroatoms. The lowest BCUT2D eigenvalue weighted by Gasteiger charge is -2.43. The fraction of sp³-hybridized carbons (Fsp3) is 0.395. The molecule has 59 heavy (non-hydrogen) atoms. The molecule has 5 aromatic rings. The molecule has 2 saturated heterocycles. The number of benzene rings is 1. The van der Waals surface area contributed by atoms with Crippen molar-refractivity contribution in [3.63, 3.8) is 0 Å². The number of carbonyl (C=O) groups is 2. The van der Waals surface area contributed by atoms with E-state index in [2.05, 4.69) is 26.4 Å². The van der Waals surface area contributed by atoms with Gasteiger partial charge in [-0.05, 0) is 43.9 Å². The van der Waals surface area contributed by atoms with Crippen LogP contribution in [0.4, 0.5) is 18.0 Å². The first-order valence-corrected chi connectivity index (χ1v) is 20.0. The first-order chi connectivity index (χ1) is 28.4. The first kappa shape index (κ1) is 38.3. The zero-order valence-corrected chi connectivity index (χ0v) is 32.6. The SMILES string of the molecule is CCOC(=O)N1CCC(C)C(n2ccc(=O)c3c2=C2CC=NC2N(CC2CCN(C(=O)c4ccccc4C(F)(F)F)CC2n2ccc(=O)c4cnc5[nH]ccc5c42)C=3)C1. The van der Waals surface area contributed by atoms with Crippen LogP contribution in [0.2, 0.25) is 0 Å². The van der Waals surface area contributed by atoms with Gasteiger partial charge in [-0.15, -0.1) is 0 Å². The summed E-state index contributed by atoms with van der Waals surface area (Å²) in [5, 5.41) is 2.38. The molecule has 2 amide bonds. The molecule has 4 aliphatic heterocycles. The third-order valence-corrected chi connectivity index (χ3v) is 12.5. The summed E-state index contributed by atoms with van der Waals surface area (Å²) in [7, 11) is 0. The Hall–Kier alpha value is -6.19. The topological polar surface area (TPSA) is 138 Å².